The molecule has 156 valence electrons. The lowest BCUT2D eigenvalue weighted by atomic mass is 10.1. The Bertz CT molecular complexity index is 707. The van der Waals surface area contributed by atoms with Gasteiger partial charge in [0.2, 0.25) is 5.91 Å². The van der Waals surface area contributed by atoms with Crippen molar-refractivity contribution in [1.29, 1.82) is 0 Å². The lowest BCUT2D eigenvalue weighted by Crippen LogP contribution is -2.48. The molecular weight excluding hydrogens is 386 g/mol. The zero-order chi connectivity index (χ0) is 20.0. The van der Waals surface area contributed by atoms with Crippen molar-refractivity contribution in [3.05, 3.63) is 33.9 Å². The SMILES string of the molecule is CCN[C@H](C)CNC(=O)c1ccc(N2CCN(C(C)=O)CC2)c([N+](=O)[O-])c1.Cl. The third-order valence-corrected chi connectivity index (χ3v) is 4.62. The molecule has 0 radical (unpaired) electrons. The number of hydrogen-bond acceptors (Lipinski definition) is 6. The van der Waals surface area contributed by atoms with Crippen LogP contribution in [0, 0.1) is 10.1 Å². The van der Waals surface area contributed by atoms with Crippen molar-refractivity contribution >= 4 is 35.6 Å². The predicted molar refractivity (Wildman–Crippen MR) is 110 cm³/mol. The van der Waals surface area contributed by atoms with E-state index in [1.165, 1.54) is 13.0 Å². The van der Waals surface area contributed by atoms with Crippen LogP contribution in [0.1, 0.15) is 31.1 Å². The molecule has 1 aliphatic heterocycles. The van der Waals surface area contributed by atoms with E-state index < -0.39 is 4.92 Å². The Labute approximate surface area is 171 Å². The molecule has 0 bridgehead atoms. The number of nitro groups is 1. The summed E-state index contributed by atoms with van der Waals surface area (Å²) in [6.07, 6.45) is 0. The molecule has 1 heterocycles. The first-order valence-electron chi connectivity index (χ1n) is 9.14. The average Bonchev–Trinajstić information content (AvgIpc) is 2.66. The third kappa shape index (κ3) is 6.07. The van der Waals surface area contributed by atoms with E-state index in [4.69, 9.17) is 0 Å². The molecule has 0 aromatic heterocycles. The molecule has 10 heteroatoms. The highest BCUT2D eigenvalue weighted by Gasteiger charge is 2.25. The van der Waals surface area contributed by atoms with Crippen LogP contribution < -0.4 is 15.5 Å². The Kier molecular flexibility index (Phi) is 9.14. The van der Waals surface area contributed by atoms with Crippen molar-refractivity contribution in [2.75, 3.05) is 44.2 Å². The van der Waals surface area contributed by atoms with Crippen LogP contribution in [0.2, 0.25) is 0 Å². The third-order valence-electron chi connectivity index (χ3n) is 4.62. The van der Waals surface area contributed by atoms with E-state index in [9.17, 15) is 19.7 Å². The minimum absolute atomic E-state index is 0. The largest absolute Gasteiger partial charge is 0.362 e. The fraction of sp³-hybridized carbons (Fsp3) is 0.556. The van der Waals surface area contributed by atoms with Crippen LogP contribution in [0.3, 0.4) is 0 Å². The number of piperazine rings is 1. The molecule has 1 aromatic rings. The first kappa shape index (κ1) is 23.6. The smallest absolute Gasteiger partial charge is 0.293 e. The molecule has 28 heavy (non-hydrogen) atoms. The van der Waals surface area contributed by atoms with Gasteiger partial charge in [-0.1, -0.05) is 6.92 Å². The number of benzene rings is 1. The van der Waals surface area contributed by atoms with Crippen LogP contribution in [0.5, 0.6) is 0 Å². The maximum atomic E-state index is 12.3. The van der Waals surface area contributed by atoms with Gasteiger partial charge in [-0.15, -0.1) is 12.4 Å². The quantitative estimate of drug-likeness (QED) is 0.517. The molecule has 2 amide bonds. The highest BCUT2D eigenvalue weighted by molar-refractivity contribution is 5.95. The molecule has 1 fully saturated rings. The minimum Gasteiger partial charge on any atom is -0.362 e. The van der Waals surface area contributed by atoms with Gasteiger partial charge in [-0.2, -0.15) is 0 Å². The van der Waals surface area contributed by atoms with Gasteiger partial charge in [0.1, 0.15) is 5.69 Å². The first-order valence-corrected chi connectivity index (χ1v) is 9.14. The van der Waals surface area contributed by atoms with Crippen LogP contribution in [0.25, 0.3) is 0 Å². The van der Waals surface area contributed by atoms with E-state index in [2.05, 4.69) is 10.6 Å². The summed E-state index contributed by atoms with van der Waals surface area (Å²) in [5.74, 6) is -0.334. The number of carbonyl (C=O) groups is 2. The van der Waals surface area contributed by atoms with Gasteiger partial charge in [-0.25, -0.2) is 0 Å². The molecule has 0 aliphatic carbocycles. The van der Waals surface area contributed by atoms with E-state index >= 15 is 0 Å². The zero-order valence-electron chi connectivity index (χ0n) is 16.4. The number of nitrogens with one attached hydrogen (secondary N) is 2. The number of likely N-dealkylation sites (N-methyl/N-ethyl adjacent to an activating group) is 1. The summed E-state index contributed by atoms with van der Waals surface area (Å²) < 4.78 is 0. The summed E-state index contributed by atoms with van der Waals surface area (Å²) in [6, 6.07) is 4.66. The fourth-order valence-electron chi connectivity index (χ4n) is 3.11. The maximum Gasteiger partial charge on any atom is 0.293 e. The summed E-state index contributed by atoms with van der Waals surface area (Å²) >= 11 is 0. The van der Waals surface area contributed by atoms with Gasteiger partial charge in [0.05, 0.1) is 4.92 Å². The molecule has 9 nitrogen and oxygen atoms in total. The Morgan fingerprint density at radius 3 is 2.43 bits per heavy atom. The predicted octanol–water partition coefficient (Wildman–Crippen LogP) is 1.41. The number of amides is 2. The number of carbonyl (C=O) groups excluding carboxylic acids is 2. The van der Waals surface area contributed by atoms with Crippen LogP contribution in [-0.2, 0) is 4.79 Å². The van der Waals surface area contributed by atoms with Crippen molar-refractivity contribution in [3.8, 4) is 0 Å². The van der Waals surface area contributed by atoms with Gasteiger partial charge in [0.25, 0.3) is 11.6 Å². The number of nitro benzene ring substituents is 1. The zero-order valence-corrected chi connectivity index (χ0v) is 17.3. The summed E-state index contributed by atoms with van der Waals surface area (Å²) in [5.41, 5.74) is 0.635. The number of rotatable bonds is 7. The van der Waals surface area contributed by atoms with Gasteiger partial charge in [0.15, 0.2) is 0 Å². The van der Waals surface area contributed by atoms with Gasteiger partial charge in [0, 0.05) is 57.3 Å². The summed E-state index contributed by atoms with van der Waals surface area (Å²) in [6.45, 7) is 8.78. The van der Waals surface area contributed by atoms with E-state index in [1.807, 2.05) is 18.7 Å². The van der Waals surface area contributed by atoms with Crippen LogP contribution in [0.15, 0.2) is 18.2 Å². The molecule has 1 saturated heterocycles. The fourth-order valence-corrected chi connectivity index (χ4v) is 3.11. The lowest BCUT2D eigenvalue weighted by molar-refractivity contribution is -0.384. The first-order chi connectivity index (χ1) is 12.8. The van der Waals surface area contributed by atoms with E-state index in [1.54, 1.807) is 17.0 Å². The van der Waals surface area contributed by atoms with Gasteiger partial charge < -0.3 is 20.4 Å². The normalized spacial score (nSPS) is 14.8. The molecule has 1 atom stereocenters. The summed E-state index contributed by atoms with van der Waals surface area (Å²) in [7, 11) is 0. The van der Waals surface area contributed by atoms with Gasteiger partial charge in [-0.3, -0.25) is 19.7 Å². The highest BCUT2D eigenvalue weighted by atomic mass is 35.5. The Hall–Kier alpha value is -2.39. The summed E-state index contributed by atoms with van der Waals surface area (Å²) in [4.78, 5) is 38.4. The second-order valence-corrected chi connectivity index (χ2v) is 6.62. The monoisotopic (exact) mass is 413 g/mol. The standard InChI is InChI=1S/C18H27N5O4.ClH/c1-4-19-13(2)12-20-18(25)15-5-6-16(17(11-15)23(26)27)22-9-7-21(8-10-22)14(3)24;/h5-6,11,13,19H,4,7-10,12H2,1-3H3,(H,20,25);1H/t13-;/m1./s1. The molecule has 0 unspecified atom stereocenters. The van der Waals surface area contributed by atoms with E-state index in [0.717, 1.165) is 6.54 Å². The molecule has 2 N–H and O–H groups in total. The van der Waals surface area contributed by atoms with E-state index in [0.29, 0.717) is 38.4 Å². The van der Waals surface area contributed by atoms with Crippen molar-refractivity contribution in [2.45, 2.75) is 26.8 Å². The highest BCUT2D eigenvalue weighted by Crippen LogP contribution is 2.30. The molecule has 2 rings (SSSR count). The second kappa shape index (κ2) is 10.8. The van der Waals surface area contributed by atoms with E-state index in [-0.39, 0.29) is 41.5 Å². The van der Waals surface area contributed by atoms with Crippen molar-refractivity contribution < 1.29 is 14.5 Å². The number of halogens is 1. The maximum absolute atomic E-state index is 12.3. The molecule has 1 aliphatic rings. The van der Waals surface area contributed by atoms with Gasteiger partial charge in [-0.05, 0) is 25.6 Å². The molecule has 0 spiro atoms. The number of nitrogens with zero attached hydrogens (tertiary/aromatic N) is 3. The Balaban J connectivity index is 0.00000392. The molecule has 1 aromatic carbocycles. The van der Waals surface area contributed by atoms with Crippen molar-refractivity contribution in [2.24, 2.45) is 0 Å². The topological polar surface area (TPSA) is 108 Å². The second-order valence-electron chi connectivity index (χ2n) is 6.62. The number of hydrogen-bond donors (Lipinski definition) is 2. The Morgan fingerprint density at radius 2 is 1.89 bits per heavy atom. The van der Waals surface area contributed by atoms with Crippen LogP contribution in [0.4, 0.5) is 11.4 Å². The summed E-state index contributed by atoms with van der Waals surface area (Å²) in [5, 5.41) is 17.5. The van der Waals surface area contributed by atoms with Crippen LogP contribution >= 0.6 is 12.4 Å². The number of anilines is 1. The van der Waals surface area contributed by atoms with Crippen molar-refractivity contribution in [1.82, 2.24) is 15.5 Å². The van der Waals surface area contributed by atoms with Crippen molar-refractivity contribution in [3.63, 3.8) is 0 Å². The molecule has 0 saturated carbocycles. The van der Waals surface area contributed by atoms with Crippen LogP contribution in [-0.4, -0.2) is 66.9 Å². The average molecular weight is 414 g/mol. The lowest BCUT2D eigenvalue weighted by Gasteiger charge is -2.35. The van der Waals surface area contributed by atoms with Gasteiger partial charge >= 0.3 is 0 Å². The Morgan fingerprint density at radius 1 is 1.25 bits per heavy atom. The minimum atomic E-state index is -0.468. The molecular formula is C18H28ClN5O4.